The molecule has 102 valence electrons. The molecular weight excluding hydrogens is 256 g/mol. The van der Waals surface area contributed by atoms with Crippen LogP contribution in [0.5, 0.6) is 0 Å². The van der Waals surface area contributed by atoms with E-state index in [4.69, 9.17) is 5.73 Å². The molecule has 0 saturated heterocycles. The Hall–Kier alpha value is -1.11. The molecule has 2 bridgehead atoms. The number of urea groups is 1. The number of Topliss-reactive ketones (excluding diaryl/α,β-unsaturated/α-hetero) is 1. The van der Waals surface area contributed by atoms with Gasteiger partial charge < -0.3 is 5.73 Å². The number of carbonyl (C=O) groups excluding carboxylic acids is 2. The molecule has 2 N–H and O–H groups in total. The van der Waals surface area contributed by atoms with E-state index in [-0.39, 0.29) is 23.7 Å². The maximum Gasteiger partial charge on any atom is 0.328 e. The van der Waals surface area contributed by atoms with Crippen molar-refractivity contribution in [1.82, 2.24) is 4.31 Å². The van der Waals surface area contributed by atoms with Crippen molar-refractivity contribution in [3.63, 3.8) is 0 Å². The van der Waals surface area contributed by atoms with E-state index in [9.17, 15) is 18.0 Å². The minimum absolute atomic E-state index is 0.0619. The number of fused-ring (bicyclic) bond motifs is 2. The van der Waals surface area contributed by atoms with E-state index >= 15 is 0 Å². The maximum absolute atomic E-state index is 12.2. The summed E-state index contributed by atoms with van der Waals surface area (Å²) in [6, 6.07) is -1.01. The molecule has 0 spiro atoms. The van der Waals surface area contributed by atoms with Crippen LogP contribution in [0, 0.1) is 16.7 Å². The van der Waals surface area contributed by atoms with Gasteiger partial charge in [0.1, 0.15) is 5.78 Å². The fraction of sp³-hybridized carbons (Fsp3) is 0.818. The second-order valence-electron chi connectivity index (χ2n) is 5.80. The number of amides is 2. The third-order valence-electron chi connectivity index (χ3n) is 5.01. The maximum atomic E-state index is 12.2. The van der Waals surface area contributed by atoms with E-state index < -0.39 is 22.3 Å². The molecule has 0 aromatic carbocycles. The highest BCUT2D eigenvalue weighted by molar-refractivity contribution is 7.70. The molecule has 0 heterocycles. The highest BCUT2D eigenvalue weighted by Crippen LogP contribution is 2.64. The molecule has 18 heavy (non-hydrogen) atoms. The van der Waals surface area contributed by atoms with E-state index in [1.54, 1.807) is 0 Å². The normalized spacial score (nSPS) is 33.1. The minimum atomic E-state index is -3.09. The highest BCUT2D eigenvalue weighted by atomic mass is 32.2. The fourth-order valence-corrected chi connectivity index (χ4v) is 4.13. The predicted octanol–water partition coefficient (Wildman–Crippen LogP) is 0.289. The Morgan fingerprint density at radius 1 is 1.50 bits per heavy atom. The topological polar surface area (TPSA) is 97.5 Å². The summed E-state index contributed by atoms with van der Waals surface area (Å²) in [5.41, 5.74) is 4.05. The molecule has 2 amide bonds. The van der Waals surface area contributed by atoms with Gasteiger partial charge in [-0.05, 0) is 24.2 Å². The zero-order valence-electron chi connectivity index (χ0n) is 10.5. The second-order valence-corrected chi connectivity index (χ2v) is 6.76. The quantitative estimate of drug-likeness (QED) is 0.723. The van der Waals surface area contributed by atoms with Crippen LogP contribution in [0.15, 0.2) is 0 Å². The van der Waals surface area contributed by atoms with Gasteiger partial charge in [0, 0.05) is 6.42 Å². The third kappa shape index (κ3) is 1.56. The molecule has 2 aliphatic carbocycles. The van der Waals surface area contributed by atoms with E-state index in [2.05, 4.69) is 0 Å². The average molecular weight is 274 g/mol. The lowest BCUT2D eigenvalue weighted by molar-refractivity contribution is -0.129. The zero-order chi connectivity index (χ0) is 13.7. The Balaban J connectivity index is 2.37. The van der Waals surface area contributed by atoms with Crippen molar-refractivity contribution in [2.75, 3.05) is 6.54 Å². The minimum Gasteiger partial charge on any atom is -0.351 e. The van der Waals surface area contributed by atoms with Gasteiger partial charge in [-0.25, -0.2) is 17.5 Å². The molecule has 2 aliphatic rings. The van der Waals surface area contributed by atoms with Crippen molar-refractivity contribution >= 4 is 22.7 Å². The van der Waals surface area contributed by atoms with Crippen LogP contribution in [0.4, 0.5) is 4.79 Å². The summed E-state index contributed by atoms with van der Waals surface area (Å²) in [7, 11) is -3.09. The van der Waals surface area contributed by atoms with Crippen molar-refractivity contribution < 1.29 is 18.0 Å². The van der Waals surface area contributed by atoms with Crippen molar-refractivity contribution in [2.45, 2.75) is 33.1 Å². The van der Waals surface area contributed by atoms with Crippen LogP contribution in [0.3, 0.4) is 0 Å². The molecule has 2 rings (SSSR count). The van der Waals surface area contributed by atoms with Crippen molar-refractivity contribution in [3.8, 4) is 0 Å². The van der Waals surface area contributed by atoms with Gasteiger partial charge in [-0.1, -0.05) is 13.8 Å². The molecule has 0 aromatic heterocycles. The van der Waals surface area contributed by atoms with Crippen LogP contribution in [0.2, 0.25) is 0 Å². The summed E-state index contributed by atoms with van der Waals surface area (Å²) in [6.07, 6.45) is 2.02. The highest BCUT2D eigenvalue weighted by Gasteiger charge is 2.64. The first-order valence-electron chi connectivity index (χ1n) is 5.97. The van der Waals surface area contributed by atoms with Crippen molar-refractivity contribution in [2.24, 2.45) is 22.5 Å². The second kappa shape index (κ2) is 3.94. The first-order valence-corrected chi connectivity index (χ1v) is 7.10. The molecule has 2 fully saturated rings. The lowest BCUT2D eigenvalue weighted by atomic mass is 9.69. The van der Waals surface area contributed by atoms with E-state index in [0.29, 0.717) is 17.1 Å². The van der Waals surface area contributed by atoms with Gasteiger partial charge in [0.25, 0.3) is 0 Å². The number of hydrogen-bond donors (Lipinski definition) is 2. The predicted molar refractivity (Wildman–Crippen MR) is 65.2 cm³/mol. The average Bonchev–Trinajstić information content (AvgIpc) is 2.58. The third-order valence-corrected chi connectivity index (χ3v) is 5.74. The van der Waals surface area contributed by atoms with Crippen LogP contribution < -0.4 is 5.73 Å². The lowest BCUT2D eigenvalue weighted by Gasteiger charge is -2.38. The smallest absolute Gasteiger partial charge is 0.328 e. The van der Waals surface area contributed by atoms with Gasteiger partial charge in [-0.3, -0.25) is 4.79 Å². The number of thiol groups is 1. The summed E-state index contributed by atoms with van der Waals surface area (Å²) >= 11 is 0. The number of nitrogens with zero attached hydrogens (tertiary/aromatic N) is 1. The van der Waals surface area contributed by atoms with Gasteiger partial charge in [0.05, 0.1) is 12.0 Å². The molecule has 0 aliphatic heterocycles. The number of hydrogen-bond acceptors (Lipinski definition) is 4. The number of nitrogens with two attached hydrogens (primary N) is 1. The number of primary amides is 1. The molecule has 2 saturated carbocycles. The zero-order valence-corrected chi connectivity index (χ0v) is 11.4. The molecule has 2 unspecified atom stereocenters. The van der Waals surface area contributed by atoms with E-state index in [1.807, 2.05) is 13.8 Å². The van der Waals surface area contributed by atoms with Crippen molar-refractivity contribution in [3.05, 3.63) is 0 Å². The van der Waals surface area contributed by atoms with E-state index in [0.717, 1.165) is 6.42 Å². The van der Waals surface area contributed by atoms with Crippen LogP contribution >= 0.6 is 0 Å². The summed E-state index contributed by atoms with van der Waals surface area (Å²) in [4.78, 5) is 23.3. The Morgan fingerprint density at radius 3 is 2.44 bits per heavy atom. The Morgan fingerprint density at radius 2 is 2.11 bits per heavy atom. The Kier molecular flexibility index (Phi) is 2.92. The summed E-state index contributed by atoms with van der Waals surface area (Å²) in [6.45, 7) is 3.85. The van der Waals surface area contributed by atoms with Gasteiger partial charge >= 0.3 is 6.03 Å². The fourth-order valence-electron chi connectivity index (χ4n) is 3.61. The van der Waals surface area contributed by atoms with Crippen LogP contribution in [-0.2, 0) is 15.7 Å². The molecular formula is C11H18N2O4S. The largest absolute Gasteiger partial charge is 0.351 e. The monoisotopic (exact) mass is 274 g/mol. The number of rotatable bonds is 3. The van der Waals surface area contributed by atoms with Crippen LogP contribution in [-0.4, -0.2) is 31.1 Å². The standard InChI is InChI=1S/C11H18N2O4S/c1-10(2)7-3-4-11(10,8(14)5-7)6-13(9(12)15)18(16)17/h7,18H,3-6H2,1-2H3,(H2,12,15). The molecule has 0 aromatic rings. The molecule has 6 nitrogen and oxygen atoms in total. The van der Waals surface area contributed by atoms with E-state index in [1.165, 1.54) is 0 Å². The molecule has 7 heteroatoms. The molecule has 0 radical (unpaired) electrons. The number of ketones is 1. The Labute approximate surface area is 108 Å². The van der Waals surface area contributed by atoms with Crippen molar-refractivity contribution in [1.29, 1.82) is 0 Å². The van der Waals surface area contributed by atoms with Crippen LogP contribution in [0.25, 0.3) is 0 Å². The lowest BCUT2D eigenvalue weighted by Crippen LogP contribution is -2.49. The number of carbonyl (C=O) groups is 2. The first kappa shape index (κ1) is 13.3. The van der Waals surface area contributed by atoms with Gasteiger partial charge in [-0.2, -0.15) is 0 Å². The SMILES string of the molecule is CC1(C)C2CCC1(CN(C(N)=O)[SH](=O)=O)C(=O)C2. The Bertz CT molecular complexity index is 477. The summed E-state index contributed by atoms with van der Waals surface area (Å²) < 4.78 is 22.7. The van der Waals surface area contributed by atoms with Crippen LogP contribution in [0.1, 0.15) is 33.1 Å². The van der Waals surface area contributed by atoms with Gasteiger partial charge in [0.15, 0.2) is 0 Å². The van der Waals surface area contributed by atoms with Gasteiger partial charge in [0.2, 0.25) is 10.9 Å². The summed E-state index contributed by atoms with van der Waals surface area (Å²) in [5.74, 6) is 0.344. The first-order chi connectivity index (χ1) is 8.22. The van der Waals surface area contributed by atoms with Gasteiger partial charge in [-0.15, -0.1) is 0 Å². The summed E-state index contributed by atoms with van der Waals surface area (Å²) in [5, 5.41) is 0. The molecule has 2 atom stereocenters.